The Balaban J connectivity index is 1.47. The number of amides is 3. The summed E-state index contributed by atoms with van der Waals surface area (Å²) in [5.41, 5.74) is -0.212. The maximum Gasteiger partial charge on any atom is 0.272 e. The molecule has 0 spiro atoms. The minimum Gasteiger partial charge on any atom is -0.321 e. The van der Waals surface area contributed by atoms with Crippen LogP contribution in [0.1, 0.15) is 15.9 Å². The molecule has 0 atom stereocenters. The highest BCUT2D eigenvalue weighted by Crippen LogP contribution is 2.26. The second-order valence-corrected chi connectivity index (χ2v) is 10.0. The average molecular weight is 614 g/mol. The molecular weight excluding hydrogens is 594 g/mol. The van der Waals surface area contributed by atoms with Gasteiger partial charge in [-0.25, -0.2) is 17.6 Å². The summed E-state index contributed by atoms with van der Waals surface area (Å²) in [4.78, 5) is 38.8. The third-order valence-corrected chi connectivity index (χ3v) is 6.91. The minimum absolute atomic E-state index is 0.0387. The van der Waals surface area contributed by atoms with Gasteiger partial charge in [-0.3, -0.25) is 14.4 Å². The van der Waals surface area contributed by atoms with Crippen LogP contribution in [0.2, 0.25) is 5.02 Å². The Labute approximate surface area is 246 Å². The standard InChI is InChI=1S/C30H20ClF4N3O3S/c31-21-12-5-4-9-18(21)13-24(37-29(40)17-7-2-1-3-8-17)30(41)36-19-10-6-11-20(14-19)42-16-25(39)38-28-26(34)22(32)15-23(33)27(28)35/h1-15H,16H2,(H,36,41)(H,37,40)(H,38,39)/b24-13+. The Morgan fingerprint density at radius 1 is 0.786 bits per heavy atom. The number of carbonyl (C=O) groups excluding carboxylic acids is 3. The fraction of sp³-hybridized carbons (Fsp3) is 0.0333. The highest BCUT2D eigenvalue weighted by Gasteiger charge is 2.21. The van der Waals surface area contributed by atoms with Gasteiger partial charge >= 0.3 is 0 Å². The van der Waals surface area contributed by atoms with Crippen molar-refractivity contribution in [2.45, 2.75) is 4.90 Å². The van der Waals surface area contributed by atoms with Crippen LogP contribution in [0.15, 0.2) is 95.5 Å². The van der Waals surface area contributed by atoms with Gasteiger partial charge in [0, 0.05) is 27.2 Å². The molecule has 0 bridgehead atoms. The molecule has 4 aromatic carbocycles. The van der Waals surface area contributed by atoms with Gasteiger partial charge in [-0.05, 0) is 48.0 Å². The van der Waals surface area contributed by atoms with Crippen LogP contribution in [0.25, 0.3) is 6.08 Å². The molecular formula is C30H20ClF4N3O3S. The van der Waals surface area contributed by atoms with Gasteiger partial charge in [0.05, 0.1) is 5.75 Å². The quantitative estimate of drug-likeness (QED) is 0.0818. The molecule has 4 rings (SSSR count). The molecule has 42 heavy (non-hydrogen) atoms. The fourth-order valence-corrected chi connectivity index (χ4v) is 4.50. The maximum atomic E-state index is 13.9. The second kappa shape index (κ2) is 13.8. The lowest BCUT2D eigenvalue weighted by Gasteiger charge is -2.13. The fourth-order valence-electron chi connectivity index (χ4n) is 3.56. The predicted molar refractivity (Wildman–Crippen MR) is 154 cm³/mol. The van der Waals surface area contributed by atoms with E-state index in [2.05, 4.69) is 10.6 Å². The Bertz CT molecular complexity index is 1660. The number of anilines is 2. The van der Waals surface area contributed by atoms with Gasteiger partial charge in [0.15, 0.2) is 23.3 Å². The van der Waals surface area contributed by atoms with Gasteiger partial charge < -0.3 is 16.0 Å². The van der Waals surface area contributed by atoms with E-state index in [4.69, 9.17) is 11.6 Å². The lowest BCUT2D eigenvalue weighted by Crippen LogP contribution is -2.30. The SMILES string of the molecule is O=C(CSc1cccc(NC(=O)/C(=C\c2ccccc2Cl)NC(=O)c2ccccc2)c1)Nc1c(F)c(F)cc(F)c1F. The largest absolute Gasteiger partial charge is 0.321 e. The molecule has 0 radical (unpaired) electrons. The van der Waals surface area contributed by atoms with Gasteiger partial charge in [0.1, 0.15) is 11.4 Å². The molecule has 0 aliphatic rings. The molecule has 12 heteroatoms. The zero-order valence-corrected chi connectivity index (χ0v) is 23.0. The number of hydrogen-bond acceptors (Lipinski definition) is 4. The van der Waals surface area contributed by atoms with Crippen LogP contribution >= 0.6 is 23.4 Å². The molecule has 0 unspecified atom stereocenters. The maximum absolute atomic E-state index is 13.9. The third-order valence-electron chi connectivity index (χ3n) is 5.57. The Morgan fingerprint density at radius 3 is 2.14 bits per heavy atom. The molecule has 4 aromatic rings. The highest BCUT2D eigenvalue weighted by atomic mass is 35.5. The van der Waals surface area contributed by atoms with Crippen LogP contribution in [0.3, 0.4) is 0 Å². The first-order valence-electron chi connectivity index (χ1n) is 12.1. The summed E-state index contributed by atoms with van der Waals surface area (Å²) in [6, 6.07) is 21.3. The van der Waals surface area contributed by atoms with Crippen molar-refractivity contribution in [1.29, 1.82) is 0 Å². The Hall–Kier alpha value is -4.61. The van der Waals surface area contributed by atoms with E-state index in [0.29, 0.717) is 26.7 Å². The highest BCUT2D eigenvalue weighted by molar-refractivity contribution is 8.00. The molecule has 0 heterocycles. The number of carbonyl (C=O) groups is 3. The summed E-state index contributed by atoms with van der Waals surface area (Å²) in [6.45, 7) is 0. The number of halogens is 5. The number of rotatable bonds is 9. The van der Waals surface area contributed by atoms with Gasteiger partial charge in [-0.1, -0.05) is 54.1 Å². The van der Waals surface area contributed by atoms with Crippen LogP contribution in [-0.4, -0.2) is 23.5 Å². The van der Waals surface area contributed by atoms with Crippen LogP contribution in [-0.2, 0) is 9.59 Å². The van der Waals surface area contributed by atoms with Crippen molar-refractivity contribution in [3.8, 4) is 0 Å². The number of thioether (sulfide) groups is 1. The molecule has 0 aromatic heterocycles. The smallest absolute Gasteiger partial charge is 0.272 e. The van der Waals surface area contributed by atoms with Gasteiger partial charge in [-0.15, -0.1) is 11.8 Å². The van der Waals surface area contributed by atoms with Crippen molar-refractivity contribution in [2.24, 2.45) is 0 Å². The predicted octanol–water partition coefficient (Wildman–Crippen LogP) is 7.04. The molecule has 0 aliphatic heterocycles. The van der Waals surface area contributed by atoms with E-state index in [0.717, 1.165) is 11.8 Å². The normalized spacial score (nSPS) is 11.1. The first-order chi connectivity index (χ1) is 20.1. The molecule has 0 aliphatic carbocycles. The Morgan fingerprint density at radius 2 is 1.45 bits per heavy atom. The average Bonchev–Trinajstić information content (AvgIpc) is 2.98. The monoisotopic (exact) mass is 613 g/mol. The molecule has 0 saturated carbocycles. The van der Waals surface area contributed by atoms with E-state index in [9.17, 15) is 31.9 Å². The third kappa shape index (κ3) is 7.77. The lowest BCUT2D eigenvalue weighted by molar-refractivity contribution is -0.114. The van der Waals surface area contributed by atoms with E-state index >= 15 is 0 Å². The summed E-state index contributed by atoms with van der Waals surface area (Å²) < 4.78 is 54.6. The molecule has 3 amide bonds. The summed E-state index contributed by atoms with van der Waals surface area (Å²) in [6.07, 6.45) is 1.43. The van der Waals surface area contributed by atoms with Crippen molar-refractivity contribution in [3.05, 3.63) is 130 Å². The number of nitrogens with one attached hydrogen (secondary N) is 3. The first-order valence-corrected chi connectivity index (χ1v) is 13.5. The van der Waals surface area contributed by atoms with E-state index in [1.165, 1.54) is 12.1 Å². The van der Waals surface area contributed by atoms with Crippen LogP contribution in [0, 0.1) is 23.3 Å². The van der Waals surface area contributed by atoms with Crippen LogP contribution in [0.4, 0.5) is 28.9 Å². The van der Waals surface area contributed by atoms with E-state index in [1.54, 1.807) is 72.8 Å². The second-order valence-electron chi connectivity index (χ2n) is 8.56. The first kappa shape index (κ1) is 30.4. The van der Waals surface area contributed by atoms with E-state index in [1.807, 2.05) is 5.32 Å². The number of benzene rings is 4. The summed E-state index contributed by atoms with van der Waals surface area (Å²) in [7, 11) is 0. The van der Waals surface area contributed by atoms with Crippen molar-refractivity contribution in [2.75, 3.05) is 16.4 Å². The molecule has 214 valence electrons. The molecule has 0 fully saturated rings. The van der Waals surface area contributed by atoms with Crippen LogP contribution < -0.4 is 16.0 Å². The molecule has 0 saturated heterocycles. The minimum atomic E-state index is -1.73. The topological polar surface area (TPSA) is 87.3 Å². The summed E-state index contributed by atoms with van der Waals surface area (Å²) in [5.74, 6) is -9.24. The zero-order valence-electron chi connectivity index (χ0n) is 21.4. The van der Waals surface area contributed by atoms with E-state index < -0.39 is 46.7 Å². The van der Waals surface area contributed by atoms with Crippen molar-refractivity contribution in [3.63, 3.8) is 0 Å². The van der Waals surface area contributed by atoms with Gasteiger partial charge in [0.25, 0.3) is 11.8 Å². The summed E-state index contributed by atoms with van der Waals surface area (Å²) >= 11 is 7.18. The molecule has 6 nitrogen and oxygen atoms in total. The van der Waals surface area contributed by atoms with Crippen molar-refractivity contribution >= 4 is 58.5 Å². The summed E-state index contributed by atoms with van der Waals surface area (Å²) in [5, 5.41) is 7.46. The van der Waals surface area contributed by atoms with Gasteiger partial charge in [0.2, 0.25) is 5.91 Å². The molecule has 3 N–H and O–H groups in total. The van der Waals surface area contributed by atoms with Gasteiger partial charge in [-0.2, -0.15) is 0 Å². The zero-order chi connectivity index (χ0) is 30.2. The Kier molecular flexibility index (Phi) is 10.00. The lowest BCUT2D eigenvalue weighted by atomic mass is 10.1. The van der Waals surface area contributed by atoms with Crippen molar-refractivity contribution in [1.82, 2.24) is 5.32 Å². The van der Waals surface area contributed by atoms with Crippen LogP contribution in [0.5, 0.6) is 0 Å². The number of hydrogen-bond donors (Lipinski definition) is 3. The van der Waals surface area contributed by atoms with Crippen molar-refractivity contribution < 1.29 is 31.9 Å². The van der Waals surface area contributed by atoms with E-state index in [-0.39, 0.29) is 17.5 Å².